The number of carbonyl (C=O) groups is 1. The first-order valence-corrected chi connectivity index (χ1v) is 5.82. The molecule has 0 atom stereocenters. The van der Waals surface area contributed by atoms with Crippen LogP contribution in [0.5, 0.6) is 0 Å². The topological polar surface area (TPSA) is 54.9 Å². The molecule has 0 fully saturated rings. The Morgan fingerprint density at radius 1 is 1.38 bits per heavy atom. The van der Waals surface area contributed by atoms with Crippen LogP contribution in [-0.4, -0.2) is 22.6 Å². The van der Waals surface area contributed by atoms with E-state index in [0.29, 0.717) is 18.2 Å². The largest absolute Gasteiger partial charge is 0.350 e. The molecule has 4 nitrogen and oxygen atoms in total. The summed E-state index contributed by atoms with van der Waals surface area (Å²) in [7, 11) is 0. The zero-order valence-electron chi connectivity index (χ0n) is 9.53. The van der Waals surface area contributed by atoms with Crippen molar-refractivity contribution in [2.24, 2.45) is 5.92 Å². The summed E-state index contributed by atoms with van der Waals surface area (Å²) in [6, 6.07) is 3.12. The van der Waals surface area contributed by atoms with Gasteiger partial charge in [-0.3, -0.25) is 4.79 Å². The highest BCUT2D eigenvalue weighted by molar-refractivity contribution is 6.29. The monoisotopic (exact) mass is 241 g/mol. The molecule has 0 saturated heterocycles. The van der Waals surface area contributed by atoms with E-state index in [1.165, 1.54) is 0 Å². The van der Waals surface area contributed by atoms with Gasteiger partial charge in [-0.2, -0.15) is 0 Å². The zero-order valence-corrected chi connectivity index (χ0v) is 10.3. The highest BCUT2D eigenvalue weighted by Crippen LogP contribution is 2.06. The van der Waals surface area contributed by atoms with Crippen LogP contribution in [-0.2, 0) is 0 Å². The molecule has 0 aliphatic rings. The lowest BCUT2D eigenvalue weighted by Crippen LogP contribution is -2.29. The summed E-state index contributed by atoms with van der Waals surface area (Å²) >= 11 is 5.58. The normalized spacial score (nSPS) is 10.5. The second-order valence-electron chi connectivity index (χ2n) is 3.63. The first-order chi connectivity index (χ1) is 7.67. The molecule has 0 aliphatic carbocycles. The Hall–Kier alpha value is -1.16. The van der Waals surface area contributed by atoms with E-state index < -0.39 is 0 Å². The van der Waals surface area contributed by atoms with Crippen LogP contribution in [0.1, 0.15) is 37.2 Å². The second-order valence-corrected chi connectivity index (χ2v) is 4.02. The maximum Gasteiger partial charge on any atom is 0.271 e. The fourth-order valence-electron chi connectivity index (χ4n) is 1.34. The molecule has 1 rings (SSSR count). The van der Waals surface area contributed by atoms with Crippen LogP contribution in [0.2, 0.25) is 5.15 Å². The predicted octanol–water partition coefficient (Wildman–Crippen LogP) is 2.30. The average molecular weight is 242 g/mol. The van der Waals surface area contributed by atoms with E-state index in [9.17, 15) is 4.79 Å². The summed E-state index contributed by atoms with van der Waals surface area (Å²) in [5.74, 6) is 0.320. The highest BCUT2D eigenvalue weighted by atomic mass is 35.5. The number of aromatic nitrogens is 2. The third-order valence-electron chi connectivity index (χ3n) is 2.57. The first kappa shape index (κ1) is 12.9. The van der Waals surface area contributed by atoms with E-state index in [-0.39, 0.29) is 11.1 Å². The molecule has 5 heteroatoms. The van der Waals surface area contributed by atoms with Crippen molar-refractivity contribution in [3.05, 3.63) is 23.0 Å². The molecule has 1 amide bonds. The van der Waals surface area contributed by atoms with Crippen LogP contribution in [0.4, 0.5) is 0 Å². The van der Waals surface area contributed by atoms with E-state index in [1.807, 2.05) is 0 Å². The molecule has 0 bridgehead atoms. The van der Waals surface area contributed by atoms with Crippen molar-refractivity contribution >= 4 is 17.5 Å². The molecule has 1 aromatic rings. The number of hydrogen-bond acceptors (Lipinski definition) is 3. The summed E-state index contributed by atoms with van der Waals surface area (Å²) in [6.07, 6.45) is 2.12. The summed E-state index contributed by atoms with van der Waals surface area (Å²) in [6.45, 7) is 4.90. The average Bonchev–Trinajstić information content (AvgIpc) is 2.31. The highest BCUT2D eigenvalue weighted by Gasteiger charge is 2.10. The number of hydrogen-bond donors (Lipinski definition) is 1. The number of rotatable bonds is 5. The molecule has 0 aliphatic heterocycles. The van der Waals surface area contributed by atoms with Crippen LogP contribution in [0.15, 0.2) is 12.1 Å². The summed E-state index contributed by atoms with van der Waals surface area (Å²) in [5, 5.41) is 10.5. The van der Waals surface area contributed by atoms with Gasteiger partial charge in [-0.25, -0.2) is 0 Å². The van der Waals surface area contributed by atoms with Gasteiger partial charge in [-0.1, -0.05) is 38.3 Å². The van der Waals surface area contributed by atoms with Gasteiger partial charge in [0.1, 0.15) is 0 Å². The summed E-state index contributed by atoms with van der Waals surface area (Å²) in [4.78, 5) is 11.6. The minimum Gasteiger partial charge on any atom is -0.350 e. The fourth-order valence-corrected chi connectivity index (χ4v) is 1.44. The van der Waals surface area contributed by atoms with Gasteiger partial charge in [-0.05, 0) is 18.1 Å². The van der Waals surface area contributed by atoms with Gasteiger partial charge in [0.05, 0.1) is 0 Å². The Kier molecular flexibility index (Phi) is 5.19. The first-order valence-electron chi connectivity index (χ1n) is 5.44. The molecular formula is C11H16ClN3O. The minimum atomic E-state index is -0.198. The van der Waals surface area contributed by atoms with E-state index in [1.54, 1.807) is 12.1 Å². The number of nitrogens with zero attached hydrogens (tertiary/aromatic N) is 2. The zero-order chi connectivity index (χ0) is 12.0. The molecule has 0 radical (unpaired) electrons. The molecule has 88 valence electrons. The van der Waals surface area contributed by atoms with E-state index in [2.05, 4.69) is 29.4 Å². The van der Waals surface area contributed by atoms with Crippen LogP contribution < -0.4 is 5.32 Å². The second kappa shape index (κ2) is 6.43. The maximum absolute atomic E-state index is 11.6. The molecule has 0 unspecified atom stereocenters. The van der Waals surface area contributed by atoms with Crippen molar-refractivity contribution in [3.63, 3.8) is 0 Å². The molecular weight excluding hydrogens is 226 g/mol. The van der Waals surface area contributed by atoms with E-state index >= 15 is 0 Å². The number of nitrogens with one attached hydrogen (secondary N) is 1. The standard InChI is InChI=1S/C11H16ClN3O/c1-3-8(4-2)7-13-11(16)9-5-6-10(12)15-14-9/h5-6,8H,3-4,7H2,1-2H3,(H,13,16). The number of halogens is 1. The third-order valence-corrected chi connectivity index (χ3v) is 2.77. The van der Waals surface area contributed by atoms with Gasteiger partial charge in [-0.15, -0.1) is 10.2 Å². The maximum atomic E-state index is 11.6. The summed E-state index contributed by atoms with van der Waals surface area (Å²) in [5.41, 5.74) is 0.301. The Labute approximate surface area is 100 Å². The van der Waals surface area contributed by atoms with Gasteiger partial charge < -0.3 is 5.32 Å². The molecule has 1 heterocycles. The smallest absolute Gasteiger partial charge is 0.271 e. The molecule has 0 aromatic carbocycles. The molecule has 1 aromatic heterocycles. The van der Waals surface area contributed by atoms with Crippen LogP contribution >= 0.6 is 11.6 Å². The van der Waals surface area contributed by atoms with Crippen molar-refractivity contribution in [3.8, 4) is 0 Å². The van der Waals surface area contributed by atoms with Crippen molar-refractivity contribution < 1.29 is 4.79 Å². The Morgan fingerprint density at radius 2 is 2.06 bits per heavy atom. The fraction of sp³-hybridized carbons (Fsp3) is 0.545. The number of carbonyl (C=O) groups excluding carboxylic acids is 1. The molecule has 0 spiro atoms. The molecule has 0 saturated carbocycles. The summed E-state index contributed by atoms with van der Waals surface area (Å²) < 4.78 is 0. The van der Waals surface area contributed by atoms with Gasteiger partial charge in [0, 0.05) is 6.54 Å². The Morgan fingerprint density at radius 3 is 2.56 bits per heavy atom. The van der Waals surface area contributed by atoms with Crippen molar-refractivity contribution in [1.82, 2.24) is 15.5 Å². The lowest BCUT2D eigenvalue weighted by molar-refractivity contribution is 0.0940. The molecule has 1 N–H and O–H groups in total. The van der Waals surface area contributed by atoms with Crippen LogP contribution in [0, 0.1) is 5.92 Å². The van der Waals surface area contributed by atoms with Crippen LogP contribution in [0.25, 0.3) is 0 Å². The Bertz CT molecular complexity index is 336. The predicted molar refractivity (Wildman–Crippen MR) is 63.4 cm³/mol. The van der Waals surface area contributed by atoms with Crippen molar-refractivity contribution in [2.45, 2.75) is 26.7 Å². The third kappa shape index (κ3) is 3.77. The van der Waals surface area contributed by atoms with E-state index in [4.69, 9.17) is 11.6 Å². The number of amides is 1. The quantitative estimate of drug-likeness (QED) is 0.861. The van der Waals surface area contributed by atoms with Gasteiger partial charge in [0.2, 0.25) is 0 Å². The lowest BCUT2D eigenvalue weighted by atomic mass is 10.0. The van der Waals surface area contributed by atoms with Crippen molar-refractivity contribution in [1.29, 1.82) is 0 Å². The van der Waals surface area contributed by atoms with Crippen molar-refractivity contribution in [2.75, 3.05) is 6.54 Å². The van der Waals surface area contributed by atoms with Gasteiger partial charge in [0.15, 0.2) is 10.8 Å². The van der Waals surface area contributed by atoms with E-state index in [0.717, 1.165) is 12.8 Å². The SMILES string of the molecule is CCC(CC)CNC(=O)c1ccc(Cl)nn1. The van der Waals surface area contributed by atoms with Gasteiger partial charge >= 0.3 is 0 Å². The Balaban J connectivity index is 2.49. The minimum absolute atomic E-state index is 0.198. The molecule has 16 heavy (non-hydrogen) atoms. The van der Waals surface area contributed by atoms with Gasteiger partial charge in [0.25, 0.3) is 5.91 Å². The van der Waals surface area contributed by atoms with Crippen LogP contribution in [0.3, 0.4) is 0 Å². The lowest BCUT2D eigenvalue weighted by Gasteiger charge is -2.12.